The number of nitrogens with one attached hydrogen (secondary N) is 1. The molecule has 1 saturated heterocycles. The van der Waals surface area contributed by atoms with E-state index in [1.807, 2.05) is 12.1 Å². The summed E-state index contributed by atoms with van der Waals surface area (Å²) in [5.41, 5.74) is 1.05. The normalized spacial score (nSPS) is 18.6. The van der Waals surface area contributed by atoms with Crippen LogP contribution in [0.1, 0.15) is 5.56 Å². The van der Waals surface area contributed by atoms with Crippen LogP contribution >= 0.6 is 23.2 Å². The Kier molecular flexibility index (Phi) is 3.21. The highest BCUT2D eigenvalue weighted by atomic mass is 35.5. The average molecular weight is 246 g/mol. The Labute approximate surface area is 99.5 Å². The molecule has 2 nitrogen and oxygen atoms in total. The molecule has 82 valence electrons. The molecule has 4 heteroatoms. The largest absolute Gasteiger partial charge is 0.375 e. The van der Waals surface area contributed by atoms with Gasteiger partial charge in [-0.1, -0.05) is 23.2 Å². The SMILES string of the molecule is COC1(Cc2cc(Cl)cc(Cl)c2)CNC1. The molecule has 2 rings (SSSR count). The minimum atomic E-state index is -0.0754. The highest BCUT2D eigenvalue weighted by Gasteiger charge is 2.36. The lowest BCUT2D eigenvalue weighted by atomic mass is 9.89. The highest BCUT2D eigenvalue weighted by molar-refractivity contribution is 6.34. The summed E-state index contributed by atoms with van der Waals surface area (Å²) in [7, 11) is 1.74. The van der Waals surface area contributed by atoms with Crippen LogP contribution in [0.4, 0.5) is 0 Å². The van der Waals surface area contributed by atoms with Crippen molar-refractivity contribution in [3.8, 4) is 0 Å². The Bertz CT molecular complexity index is 338. The summed E-state index contributed by atoms with van der Waals surface area (Å²) < 4.78 is 5.51. The van der Waals surface area contributed by atoms with Crippen molar-refractivity contribution >= 4 is 23.2 Å². The summed E-state index contributed by atoms with van der Waals surface area (Å²) in [5, 5.41) is 4.57. The van der Waals surface area contributed by atoms with Crippen LogP contribution in [0.3, 0.4) is 0 Å². The maximum absolute atomic E-state index is 5.94. The van der Waals surface area contributed by atoms with Crippen molar-refractivity contribution in [2.24, 2.45) is 0 Å². The molecule has 15 heavy (non-hydrogen) atoms. The first-order valence-electron chi connectivity index (χ1n) is 4.84. The third-order valence-electron chi connectivity index (χ3n) is 2.78. The summed E-state index contributed by atoms with van der Waals surface area (Å²) in [5.74, 6) is 0. The molecule has 0 radical (unpaired) electrons. The minimum absolute atomic E-state index is 0.0754. The predicted molar refractivity (Wildman–Crippen MR) is 62.8 cm³/mol. The van der Waals surface area contributed by atoms with Gasteiger partial charge >= 0.3 is 0 Å². The molecule has 0 unspecified atom stereocenters. The Morgan fingerprint density at radius 3 is 2.27 bits per heavy atom. The van der Waals surface area contributed by atoms with E-state index < -0.39 is 0 Å². The molecule has 0 atom stereocenters. The Balaban J connectivity index is 2.16. The molecule has 1 aromatic rings. The molecule has 1 fully saturated rings. The molecule has 0 saturated carbocycles. The second kappa shape index (κ2) is 4.30. The van der Waals surface area contributed by atoms with Crippen molar-refractivity contribution < 1.29 is 4.74 Å². The molecule has 0 spiro atoms. The van der Waals surface area contributed by atoms with Crippen LogP contribution in [0.15, 0.2) is 18.2 Å². The standard InChI is InChI=1S/C11H13Cl2NO/c1-15-11(6-14-7-11)5-8-2-9(12)4-10(13)3-8/h2-4,14H,5-7H2,1H3. The van der Waals surface area contributed by atoms with Crippen molar-refractivity contribution in [3.05, 3.63) is 33.8 Å². The van der Waals surface area contributed by atoms with E-state index >= 15 is 0 Å². The van der Waals surface area contributed by atoms with Crippen molar-refractivity contribution in [2.75, 3.05) is 20.2 Å². The smallest absolute Gasteiger partial charge is 0.0966 e. The van der Waals surface area contributed by atoms with Gasteiger partial charge in [-0.3, -0.25) is 0 Å². The van der Waals surface area contributed by atoms with Gasteiger partial charge in [0.05, 0.1) is 5.60 Å². The molecule has 0 aromatic heterocycles. The first-order valence-corrected chi connectivity index (χ1v) is 5.60. The van der Waals surface area contributed by atoms with Crippen molar-refractivity contribution in [1.82, 2.24) is 5.32 Å². The van der Waals surface area contributed by atoms with Crippen molar-refractivity contribution in [3.63, 3.8) is 0 Å². The third-order valence-corrected chi connectivity index (χ3v) is 3.21. The summed E-state index contributed by atoms with van der Waals surface area (Å²) in [6, 6.07) is 5.62. The van der Waals surface area contributed by atoms with E-state index in [0.29, 0.717) is 10.0 Å². The highest BCUT2D eigenvalue weighted by Crippen LogP contribution is 2.26. The topological polar surface area (TPSA) is 21.3 Å². The molecule has 1 aliphatic heterocycles. The van der Waals surface area contributed by atoms with Gasteiger partial charge in [-0.25, -0.2) is 0 Å². The number of rotatable bonds is 3. The number of hydrogen-bond acceptors (Lipinski definition) is 2. The summed E-state index contributed by atoms with van der Waals surface area (Å²) in [4.78, 5) is 0. The van der Waals surface area contributed by atoms with Crippen LogP contribution in [0.5, 0.6) is 0 Å². The van der Waals surface area contributed by atoms with Crippen LogP contribution in [0.2, 0.25) is 10.0 Å². The summed E-state index contributed by atoms with van der Waals surface area (Å²) in [6.07, 6.45) is 0.844. The molecular weight excluding hydrogens is 233 g/mol. The quantitative estimate of drug-likeness (QED) is 0.884. The third kappa shape index (κ3) is 2.45. The van der Waals surface area contributed by atoms with E-state index in [4.69, 9.17) is 27.9 Å². The molecular formula is C11H13Cl2NO. The lowest BCUT2D eigenvalue weighted by Gasteiger charge is -2.41. The number of benzene rings is 1. The maximum atomic E-state index is 5.94. The van der Waals surface area contributed by atoms with E-state index in [0.717, 1.165) is 25.1 Å². The monoisotopic (exact) mass is 245 g/mol. The van der Waals surface area contributed by atoms with Crippen LogP contribution in [-0.2, 0) is 11.2 Å². The van der Waals surface area contributed by atoms with Gasteiger partial charge < -0.3 is 10.1 Å². The predicted octanol–water partition coefficient (Wildman–Crippen LogP) is 2.52. The van der Waals surface area contributed by atoms with Gasteiger partial charge in [0.25, 0.3) is 0 Å². The van der Waals surface area contributed by atoms with Gasteiger partial charge in [-0.05, 0) is 23.8 Å². The Hall–Kier alpha value is -0.280. The Morgan fingerprint density at radius 1 is 1.27 bits per heavy atom. The van der Waals surface area contributed by atoms with E-state index in [1.54, 1.807) is 13.2 Å². The molecule has 1 N–H and O–H groups in total. The zero-order chi connectivity index (χ0) is 10.9. The number of hydrogen-bond donors (Lipinski definition) is 1. The second-order valence-corrected chi connectivity index (χ2v) is 4.82. The van der Waals surface area contributed by atoms with Crippen LogP contribution in [0, 0.1) is 0 Å². The number of ether oxygens (including phenoxy) is 1. The maximum Gasteiger partial charge on any atom is 0.0966 e. The fourth-order valence-electron chi connectivity index (χ4n) is 1.83. The molecule has 0 aliphatic carbocycles. The molecule has 1 aliphatic rings. The molecule has 0 amide bonds. The average Bonchev–Trinajstić information content (AvgIpc) is 2.10. The zero-order valence-corrected chi connectivity index (χ0v) is 10.0. The number of halogens is 2. The lowest BCUT2D eigenvalue weighted by Crippen LogP contribution is -2.61. The van der Waals surface area contributed by atoms with E-state index in [1.165, 1.54) is 0 Å². The fourth-order valence-corrected chi connectivity index (χ4v) is 2.40. The van der Waals surface area contributed by atoms with Crippen molar-refractivity contribution in [1.29, 1.82) is 0 Å². The second-order valence-electron chi connectivity index (χ2n) is 3.95. The minimum Gasteiger partial charge on any atom is -0.375 e. The van der Waals surface area contributed by atoms with Crippen molar-refractivity contribution in [2.45, 2.75) is 12.0 Å². The van der Waals surface area contributed by atoms with Gasteiger partial charge in [0.1, 0.15) is 0 Å². The Morgan fingerprint density at radius 2 is 1.87 bits per heavy atom. The van der Waals surface area contributed by atoms with Gasteiger partial charge in [-0.2, -0.15) is 0 Å². The van der Waals surface area contributed by atoms with Gasteiger partial charge in [-0.15, -0.1) is 0 Å². The fraction of sp³-hybridized carbons (Fsp3) is 0.455. The van der Waals surface area contributed by atoms with Gasteiger partial charge in [0.2, 0.25) is 0 Å². The first-order chi connectivity index (χ1) is 7.13. The molecule has 1 heterocycles. The van der Waals surface area contributed by atoms with Gasteiger partial charge in [0, 0.05) is 36.7 Å². The first kappa shape index (κ1) is 11.2. The van der Waals surface area contributed by atoms with E-state index in [9.17, 15) is 0 Å². The zero-order valence-electron chi connectivity index (χ0n) is 8.52. The summed E-state index contributed by atoms with van der Waals surface area (Å²) >= 11 is 11.9. The summed E-state index contributed by atoms with van der Waals surface area (Å²) in [6.45, 7) is 1.77. The van der Waals surface area contributed by atoms with E-state index in [-0.39, 0.29) is 5.60 Å². The number of methoxy groups -OCH3 is 1. The van der Waals surface area contributed by atoms with Crippen LogP contribution in [0.25, 0.3) is 0 Å². The van der Waals surface area contributed by atoms with Crippen LogP contribution in [-0.4, -0.2) is 25.8 Å². The van der Waals surface area contributed by atoms with Gasteiger partial charge in [0.15, 0.2) is 0 Å². The molecule has 0 bridgehead atoms. The van der Waals surface area contributed by atoms with E-state index in [2.05, 4.69) is 5.32 Å². The van der Waals surface area contributed by atoms with Crippen LogP contribution < -0.4 is 5.32 Å². The molecule has 1 aromatic carbocycles. The lowest BCUT2D eigenvalue weighted by molar-refractivity contribution is -0.0502.